The van der Waals surface area contributed by atoms with Gasteiger partial charge in [-0.25, -0.2) is 0 Å². The summed E-state index contributed by atoms with van der Waals surface area (Å²) in [5.74, 6) is 3.41. The lowest BCUT2D eigenvalue weighted by Gasteiger charge is -2.24. The van der Waals surface area contributed by atoms with Crippen molar-refractivity contribution in [1.82, 2.24) is 0 Å². The first-order valence-corrected chi connectivity index (χ1v) is 9.34. The van der Waals surface area contributed by atoms with E-state index in [1.165, 1.54) is 33.0 Å². The summed E-state index contributed by atoms with van der Waals surface area (Å²) in [7, 11) is 0. The molecule has 1 heterocycles. The second kappa shape index (κ2) is 6.42. The van der Waals surface area contributed by atoms with E-state index in [2.05, 4.69) is 99.8 Å². The molecule has 0 unspecified atom stereocenters. The molecule has 3 rings (SSSR count). The third-order valence-corrected chi connectivity index (χ3v) is 5.56. The highest BCUT2D eigenvalue weighted by Gasteiger charge is 2.24. The Hall–Kier alpha value is -0.710. The number of thioether (sulfide) groups is 1. The monoisotopic (exact) mass is 435 g/mol. The Kier molecular flexibility index (Phi) is 4.72. The van der Waals surface area contributed by atoms with Crippen molar-refractivity contribution in [2.45, 2.75) is 20.8 Å². The molecule has 2 aromatic rings. The number of rotatable bonds is 2. The molecule has 0 atom stereocenters. The Morgan fingerprint density at radius 2 is 1.68 bits per heavy atom. The molecule has 0 bridgehead atoms. The quantitative estimate of drug-likeness (QED) is 0.499. The van der Waals surface area contributed by atoms with Gasteiger partial charge in [0, 0.05) is 25.1 Å². The van der Waals surface area contributed by atoms with Gasteiger partial charge in [0.05, 0.1) is 5.69 Å². The first-order chi connectivity index (χ1) is 10.5. The summed E-state index contributed by atoms with van der Waals surface area (Å²) < 4.78 is 2.13. The molecular formula is C18H15Br2NS. The fraction of sp³-hybridized carbons (Fsp3) is 0.167. The molecule has 0 N–H and O–H groups in total. The van der Waals surface area contributed by atoms with E-state index in [4.69, 9.17) is 0 Å². The molecule has 0 saturated carbocycles. The molecule has 0 fully saturated rings. The zero-order valence-electron chi connectivity index (χ0n) is 12.6. The van der Waals surface area contributed by atoms with Crippen LogP contribution in [0.3, 0.4) is 0 Å². The molecule has 1 aliphatic heterocycles. The van der Waals surface area contributed by atoms with E-state index in [1.807, 2.05) is 0 Å². The van der Waals surface area contributed by atoms with Crippen molar-refractivity contribution < 1.29 is 0 Å². The van der Waals surface area contributed by atoms with Crippen LogP contribution in [0.5, 0.6) is 0 Å². The summed E-state index contributed by atoms with van der Waals surface area (Å²) >= 11 is 8.84. The number of hydrogen-bond acceptors (Lipinski definition) is 2. The van der Waals surface area contributed by atoms with Gasteiger partial charge in [-0.3, -0.25) is 0 Å². The molecule has 22 heavy (non-hydrogen) atoms. The van der Waals surface area contributed by atoms with Crippen LogP contribution in [0.2, 0.25) is 0 Å². The second-order valence-electron chi connectivity index (χ2n) is 5.30. The SMILES string of the molecule is CC1=C(C)N(c2c(C)cccc2-c2cc(Br)cc(Br)c2)[C]S1. The maximum absolute atomic E-state index is 3.59. The minimum absolute atomic E-state index is 1.07. The van der Waals surface area contributed by atoms with Gasteiger partial charge in [0.15, 0.2) is 5.88 Å². The van der Waals surface area contributed by atoms with Gasteiger partial charge in [0.25, 0.3) is 0 Å². The first kappa shape index (κ1) is 16.2. The van der Waals surface area contributed by atoms with Crippen LogP contribution in [0.25, 0.3) is 11.1 Å². The molecule has 0 saturated heterocycles. The van der Waals surface area contributed by atoms with E-state index in [0.717, 1.165) is 8.95 Å². The smallest absolute Gasteiger partial charge is 0.168 e. The number of anilines is 1. The number of allylic oxidation sites excluding steroid dienone is 2. The Labute approximate surface area is 153 Å². The lowest BCUT2D eigenvalue weighted by molar-refractivity contribution is 1.12. The summed E-state index contributed by atoms with van der Waals surface area (Å²) in [5, 5.41) is 0. The van der Waals surface area contributed by atoms with Crippen LogP contribution < -0.4 is 4.90 Å². The lowest BCUT2D eigenvalue weighted by Crippen LogP contribution is -2.14. The molecular weight excluding hydrogens is 422 g/mol. The zero-order valence-corrected chi connectivity index (χ0v) is 16.6. The molecule has 1 nitrogen and oxygen atoms in total. The summed E-state index contributed by atoms with van der Waals surface area (Å²) in [4.78, 5) is 3.48. The van der Waals surface area contributed by atoms with Gasteiger partial charge in [-0.15, -0.1) is 0 Å². The fourth-order valence-corrected chi connectivity index (χ4v) is 4.51. The van der Waals surface area contributed by atoms with Gasteiger partial charge < -0.3 is 4.90 Å². The Morgan fingerprint density at radius 3 is 2.27 bits per heavy atom. The van der Waals surface area contributed by atoms with E-state index < -0.39 is 0 Å². The maximum Gasteiger partial charge on any atom is 0.168 e. The molecule has 2 aromatic carbocycles. The van der Waals surface area contributed by atoms with Crippen LogP contribution in [0.15, 0.2) is 55.9 Å². The number of para-hydroxylation sites is 1. The van der Waals surface area contributed by atoms with Crippen molar-refractivity contribution in [3.63, 3.8) is 0 Å². The van der Waals surface area contributed by atoms with Crippen molar-refractivity contribution >= 4 is 49.3 Å². The van der Waals surface area contributed by atoms with E-state index >= 15 is 0 Å². The molecule has 2 radical (unpaired) electrons. The molecule has 0 aromatic heterocycles. The highest BCUT2D eigenvalue weighted by atomic mass is 79.9. The topological polar surface area (TPSA) is 3.24 Å². The highest BCUT2D eigenvalue weighted by molar-refractivity contribution is 9.11. The van der Waals surface area contributed by atoms with Gasteiger partial charge >= 0.3 is 0 Å². The summed E-state index contributed by atoms with van der Waals surface area (Å²) in [6, 6.07) is 12.8. The van der Waals surface area contributed by atoms with Gasteiger partial charge in [0.1, 0.15) is 0 Å². The third kappa shape index (κ3) is 3.01. The van der Waals surface area contributed by atoms with Crippen LogP contribution in [0, 0.1) is 12.8 Å². The standard InChI is InChI=1S/C18H15Br2NS/c1-11-5-4-6-17(14-7-15(19)9-16(20)8-14)18(11)21-10-22-13(3)12(21)2/h4-9H,1-3H3. The Balaban J connectivity index is 2.19. The Morgan fingerprint density at radius 1 is 1.00 bits per heavy atom. The number of aryl methyl sites for hydroxylation is 1. The predicted octanol–water partition coefficient (Wildman–Crippen LogP) is 6.99. The van der Waals surface area contributed by atoms with Crippen molar-refractivity contribution in [3.8, 4) is 11.1 Å². The number of nitrogens with zero attached hydrogens (tertiary/aromatic N) is 1. The summed E-state index contributed by atoms with van der Waals surface area (Å²) in [5.41, 5.74) is 6.09. The van der Waals surface area contributed by atoms with Crippen LogP contribution in [0.4, 0.5) is 5.69 Å². The molecule has 0 aliphatic carbocycles. The van der Waals surface area contributed by atoms with Crippen LogP contribution in [-0.4, -0.2) is 0 Å². The fourth-order valence-electron chi connectivity index (χ4n) is 2.53. The predicted molar refractivity (Wildman–Crippen MR) is 104 cm³/mol. The van der Waals surface area contributed by atoms with Gasteiger partial charge in [-0.2, -0.15) is 0 Å². The molecule has 0 spiro atoms. The van der Waals surface area contributed by atoms with Crippen molar-refractivity contribution in [2.24, 2.45) is 0 Å². The van der Waals surface area contributed by atoms with E-state index in [0.29, 0.717) is 0 Å². The van der Waals surface area contributed by atoms with Crippen molar-refractivity contribution in [1.29, 1.82) is 0 Å². The lowest BCUT2D eigenvalue weighted by atomic mass is 9.99. The van der Waals surface area contributed by atoms with Gasteiger partial charge in [0.2, 0.25) is 0 Å². The summed E-state index contributed by atoms with van der Waals surface area (Å²) in [6.45, 7) is 6.44. The van der Waals surface area contributed by atoms with E-state index in [1.54, 1.807) is 11.8 Å². The van der Waals surface area contributed by atoms with Gasteiger partial charge in [-0.1, -0.05) is 61.8 Å². The maximum atomic E-state index is 3.59. The minimum Gasteiger partial charge on any atom is -0.322 e. The van der Waals surface area contributed by atoms with Crippen LogP contribution in [0.1, 0.15) is 19.4 Å². The van der Waals surface area contributed by atoms with Crippen molar-refractivity contribution in [2.75, 3.05) is 4.90 Å². The van der Waals surface area contributed by atoms with Gasteiger partial charge in [-0.05, 0) is 50.1 Å². The summed E-state index contributed by atoms with van der Waals surface area (Å²) in [6.07, 6.45) is 0. The zero-order chi connectivity index (χ0) is 15.9. The van der Waals surface area contributed by atoms with E-state index in [9.17, 15) is 0 Å². The molecule has 4 heteroatoms. The van der Waals surface area contributed by atoms with Crippen molar-refractivity contribution in [3.05, 3.63) is 67.4 Å². The largest absolute Gasteiger partial charge is 0.322 e. The highest BCUT2D eigenvalue weighted by Crippen LogP contribution is 2.44. The molecule has 1 aliphatic rings. The average Bonchev–Trinajstić information content (AvgIpc) is 2.78. The third-order valence-electron chi connectivity index (χ3n) is 3.77. The second-order valence-corrected chi connectivity index (χ2v) is 8.13. The Bertz CT molecular complexity index is 747. The average molecular weight is 437 g/mol. The molecule has 0 amide bonds. The number of halogens is 2. The number of benzene rings is 2. The first-order valence-electron chi connectivity index (χ1n) is 6.93. The minimum atomic E-state index is 1.07. The number of hydrogen-bond donors (Lipinski definition) is 0. The van der Waals surface area contributed by atoms with Crippen LogP contribution >= 0.6 is 43.6 Å². The molecule has 112 valence electrons. The normalized spacial score (nSPS) is 14.9. The van der Waals surface area contributed by atoms with E-state index in [-0.39, 0.29) is 0 Å². The van der Waals surface area contributed by atoms with Crippen LogP contribution in [-0.2, 0) is 0 Å².